The van der Waals surface area contributed by atoms with Gasteiger partial charge in [-0.05, 0) is 73.8 Å². The topological polar surface area (TPSA) is 344 Å². The van der Waals surface area contributed by atoms with Crippen molar-refractivity contribution in [3.05, 3.63) is 65.9 Å². The number of benzene rings is 2. The van der Waals surface area contributed by atoms with Crippen molar-refractivity contribution in [3.8, 4) is 5.75 Å². The lowest BCUT2D eigenvalue weighted by Gasteiger charge is -2.25. The zero-order chi connectivity index (χ0) is 51.5. The SMILES string of the molecule is CC(C)CC(CC(=O)NO)C(=O)N[C@@H](Cc1ccc(O)cc1)C(=O)N[C@@H](Cc1c[nH]c2ccccc12)C(=O)NCC(=O)NCC(=O)N[C@@H](CCCCNC(=O)CCCC[C@@H]1SC[C@@H]2NC(=O)N[C@@H]21)C(N)=O. The van der Waals surface area contributed by atoms with Gasteiger partial charge in [0.05, 0.1) is 25.2 Å². The molecule has 14 N–H and O–H groups in total. The van der Waals surface area contributed by atoms with Gasteiger partial charge in [0.25, 0.3) is 0 Å². The zero-order valence-corrected chi connectivity index (χ0v) is 40.8. The van der Waals surface area contributed by atoms with E-state index in [1.54, 1.807) is 18.3 Å². The van der Waals surface area contributed by atoms with E-state index in [9.17, 15) is 48.3 Å². The molecule has 3 heterocycles. The summed E-state index contributed by atoms with van der Waals surface area (Å²) in [4.78, 5) is 119. The summed E-state index contributed by atoms with van der Waals surface area (Å²) in [7, 11) is 0. The Balaban J connectivity index is 1.10. The van der Waals surface area contributed by atoms with Crippen molar-refractivity contribution in [1.29, 1.82) is 0 Å². The Labute approximate surface area is 415 Å². The number of urea groups is 1. The number of hydroxylamine groups is 1. The predicted molar refractivity (Wildman–Crippen MR) is 263 cm³/mol. The molecule has 1 unspecified atom stereocenters. The molecule has 22 nitrogen and oxygen atoms in total. The molecule has 2 saturated heterocycles. The summed E-state index contributed by atoms with van der Waals surface area (Å²) >= 11 is 1.83. The highest BCUT2D eigenvalue weighted by Gasteiger charge is 2.42. The minimum atomic E-state index is -1.30. The van der Waals surface area contributed by atoms with Crippen LogP contribution in [-0.4, -0.2) is 129 Å². The highest BCUT2D eigenvalue weighted by Crippen LogP contribution is 2.33. The van der Waals surface area contributed by atoms with Gasteiger partial charge in [-0.1, -0.05) is 50.6 Å². The molecule has 7 atom stereocenters. The maximum atomic E-state index is 14.2. The molecule has 2 aromatic carbocycles. The maximum absolute atomic E-state index is 14.2. The van der Waals surface area contributed by atoms with Crippen LogP contribution in [0.3, 0.4) is 0 Å². The average Bonchev–Trinajstić information content (AvgIpc) is 4.04. The van der Waals surface area contributed by atoms with Gasteiger partial charge in [-0.15, -0.1) is 0 Å². The maximum Gasteiger partial charge on any atom is 0.315 e. The molecule has 5 rings (SSSR count). The number of aromatic amines is 1. The fraction of sp³-hybridized carbons (Fsp3) is 0.521. The van der Waals surface area contributed by atoms with E-state index < -0.39 is 78.5 Å². The molecule has 0 bridgehead atoms. The van der Waals surface area contributed by atoms with Crippen molar-refractivity contribution >= 4 is 76.0 Å². The summed E-state index contributed by atoms with van der Waals surface area (Å²) < 4.78 is 0. The first-order valence-corrected chi connectivity index (χ1v) is 25.0. The minimum Gasteiger partial charge on any atom is -0.508 e. The van der Waals surface area contributed by atoms with Gasteiger partial charge in [0.1, 0.15) is 23.9 Å². The van der Waals surface area contributed by atoms with E-state index in [0.29, 0.717) is 42.2 Å². The van der Waals surface area contributed by atoms with Crippen LogP contribution in [0.4, 0.5) is 4.79 Å². The first-order valence-electron chi connectivity index (χ1n) is 23.9. The summed E-state index contributed by atoms with van der Waals surface area (Å²) in [6, 6.07) is 9.78. The van der Waals surface area contributed by atoms with Gasteiger partial charge in [0, 0.05) is 66.2 Å². The van der Waals surface area contributed by atoms with E-state index in [1.165, 1.54) is 17.6 Å². The highest BCUT2D eigenvalue weighted by atomic mass is 32.2. The molecule has 386 valence electrons. The number of para-hydroxylation sites is 1. The molecular formula is C48H67N11O11S. The number of carbonyl (C=O) groups excluding carboxylic acids is 9. The van der Waals surface area contributed by atoms with Gasteiger partial charge >= 0.3 is 6.03 Å². The number of aromatic hydroxyl groups is 1. The third-order valence-corrected chi connectivity index (χ3v) is 13.8. The summed E-state index contributed by atoms with van der Waals surface area (Å²) in [6.07, 6.45) is 5.47. The quantitative estimate of drug-likeness (QED) is 0.0195. The van der Waals surface area contributed by atoms with E-state index >= 15 is 0 Å². The van der Waals surface area contributed by atoms with Crippen molar-refractivity contribution in [2.24, 2.45) is 17.6 Å². The first kappa shape index (κ1) is 55.1. The van der Waals surface area contributed by atoms with E-state index in [2.05, 4.69) is 47.5 Å². The predicted octanol–water partition coefficient (Wildman–Crippen LogP) is 0.401. The molecular weight excluding hydrogens is 939 g/mol. The number of unbranched alkanes of at least 4 members (excludes halogenated alkanes) is 2. The van der Waals surface area contributed by atoms with Crippen LogP contribution >= 0.6 is 11.8 Å². The molecule has 0 radical (unpaired) electrons. The number of nitrogens with two attached hydrogens (primary N) is 1. The van der Waals surface area contributed by atoms with Crippen molar-refractivity contribution in [1.82, 2.24) is 53.0 Å². The van der Waals surface area contributed by atoms with Crippen LogP contribution in [0.15, 0.2) is 54.7 Å². The van der Waals surface area contributed by atoms with Gasteiger partial charge in [-0.3, -0.25) is 43.6 Å². The van der Waals surface area contributed by atoms with E-state index in [4.69, 9.17) is 10.9 Å². The normalized spacial score (nSPS) is 17.6. The Morgan fingerprint density at radius 2 is 1.48 bits per heavy atom. The number of amides is 10. The number of carbonyl (C=O) groups is 9. The fourth-order valence-electron chi connectivity index (χ4n) is 8.62. The van der Waals surface area contributed by atoms with Crippen LogP contribution in [-0.2, 0) is 51.2 Å². The molecule has 2 aliphatic heterocycles. The molecule has 1 aromatic heterocycles. The van der Waals surface area contributed by atoms with Crippen LogP contribution in [0.1, 0.15) is 82.8 Å². The van der Waals surface area contributed by atoms with Crippen molar-refractivity contribution in [2.75, 3.05) is 25.4 Å². The molecule has 71 heavy (non-hydrogen) atoms. The molecule has 0 spiro atoms. The summed E-state index contributed by atoms with van der Waals surface area (Å²) in [6.45, 7) is 2.92. The van der Waals surface area contributed by atoms with E-state index in [1.807, 2.05) is 49.9 Å². The number of rotatable bonds is 29. The lowest BCUT2D eigenvalue weighted by atomic mass is 9.92. The Hall–Kier alpha value is -6.88. The molecule has 3 aromatic rings. The number of hydrogen-bond acceptors (Lipinski definition) is 12. The number of hydrogen-bond donors (Lipinski definition) is 13. The number of phenols is 1. The van der Waals surface area contributed by atoms with Gasteiger partial charge in [0.15, 0.2) is 0 Å². The van der Waals surface area contributed by atoms with Crippen molar-refractivity contribution < 1.29 is 53.5 Å². The van der Waals surface area contributed by atoms with Crippen LogP contribution in [0.5, 0.6) is 5.75 Å². The largest absolute Gasteiger partial charge is 0.508 e. The second-order valence-electron chi connectivity index (χ2n) is 18.4. The zero-order valence-electron chi connectivity index (χ0n) is 40.0. The summed E-state index contributed by atoms with van der Waals surface area (Å²) in [5.41, 5.74) is 9.05. The third kappa shape index (κ3) is 17.8. The van der Waals surface area contributed by atoms with Crippen molar-refractivity contribution in [3.63, 3.8) is 0 Å². The van der Waals surface area contributed by atoms with Gasteiger partial charge < -0.3 is 58.4 Å². The molecule has 0 aliphatic carbocycles. The number of primary amides is 1. The van der Waals surface area contributed by atoms with E-state index in [0.717, 1.165) is 35.9 Å². The fourth-order valence-corrected chi connectivity index (χ4v) is 10.2. The summed E-state index contributed by atoms with van der Waals surface area (Å²) in [5, 5.41) is 41.8. The van der Waals surface area contributed by atoms with Gasteiger partial charge in [-0.25, -0.2) is 10.3 Å². The monoisotopic (exact) mass is 1010 g/mol. The number of fused-ring (bicyclic) bond motifs is 2. The Morgan fingerprint density at radius 3 is 2.21 bits per heavy atom. The lowest BCUT2D eigenvalue weighted by Crippen LogP contribution is -2.56. The van der Waals surface area contributed by atoms with Gasteiger partial charge in [-0.2, -0.15) is 11.8 Å². The van der Waals surface area contributed by atoms with Crippen LogP contribution in [0.25, 0.3) is 10.9 Å². The third-order valence-electron chi connectivity index (χ3n) is 12.3. The van der Waals surface area contributed by atoms with Crippen molar-refractivity contribution in [2.45, 2.75) is 120 Å². The Kier molecular flexibility index (Phi) is 21.3. The second-order valence-corrected chi connectivity index (χ2v) is 19.6. The number of H-pyrrole nitrogens is 1. The van der Waals surface area contributed by atoms with Crippen LogP contribution in [0.2, 0.25) is 0 Å². The van der Waals surface area contributed by atoms with Crippen LogP contribution in [0, 0.1) is 11.8 Å². The standard InChI is InChI=1S/C48H67N11O11S/c1-27(2)19-29(22-40(62)59-70)45(66)55-35(20-28-14-16-31(60)17-15-28)47(68)56-36(21-30-23-51-33-10-4-3-9-32(30)33)46(67)53-24-41(63)52-25-42(64)54-34(44(49)65)11-7-8-18-50-39(61)13-6-5-12-38-43-37(26-71-38)57-48(69)58-43/h3-4,9-10,14-17,23,27,29,34-38,43,51,60,70H,5-8,11-13,18-22,24-26H2,1-2H3,(H2,49,65)(H,50,61)(H,52,63)(H,53,67)(H,54,64)(H,55,66)(H,56,68)(H,59,62)(H2,57,58,69)/t29?,34-,35-,36-,37-,38-,43-/m0/s1. The highest BCUT2D eigenvalue weighted by molar-refractivity contribution is 8.00. The average molecular weight is 1010 g/mol. The summed E-state index contributed by atoms with van der Waals surface area (Å²) in [5.74, 6) is -5.40. The molecule has 10 amide bonds. The molecule has 2 aliphatic rings. The number of aromatic nitrogens is 1. The minimum absolute atomic E-state index is 0.0249. The lowest BCUT2D eigenvalue weighted by molar-refractivity contribution is -0.137. The molecule has 2 fully saturated rings. The number of nitrogens with one attached hydrogen (secondary N) is 10. The Morgan fingerprint density at radius 1 is 0.761 bits per heavy atom. The number of phenolic OH excluding ortho intramolecular Hbond substituents is 1. The van der Waals surface area contributed by atoms with Gasteiger partial charge in [0.2, 0.25) is 47.3 Å². The van der Waals surface area contributed by atoms with Crippen LogP contribution < -0.4 is 53.7 Å². The molecule has 23 heteroatoms. The number of thioether (sulfide) groups is 1. The van der Waals surface area contributed by atoms with E-state index in [-0.39, 0.29) is 67.8 Å². The molecule has 0 saturated carbocycles. The Bertz CT molecular complexity index is 2350. The smallest absolute Gasteiger partial charge is 0.315 e. The second kappa shape index (κ2) is 27.5. The first-order chi connectivity index (χ1) is 34.0.